The number of carbonyl (C=O) groups is 1. The number of aromatic nitrogens is 3. The fourth-order valence-electron chi connectivity index (χ4n) is 3.13. The number of rotatable bonds is 5. The third-order valence-corrected chi connectivity index (χ3v) is 4.73. The van der Waals surface area contributed by atoms with E-state index in [1.165, 1.54) is 19.2 Å². The highest BCUT2D eigenvalue weighted by Gasteiger charge is 2.31. The molecule has 4 rings (SSSR count). The van der Waals surface area contributed by atoms with Gasteiger partial charge in [0.15, 0.2) is 17.3 Å². The van der Waals surface area contributed by atoms with Crippen molar-refractivity contribution in [3.63, 3.8) is 0 Å². The largest absolute Gasteiger partial charge is 0.454 e. The average molecular weight is 434 g/mol. The Labute approximate surface area is 173 Å². The number of alkyl halides is 3. The molecule has 1 aliphatic rings. The summed E-state index contributed by atoms with van der Waals surface area (Å²) in [6, 6.07) is 9.35. The molecule has 1 aromatic heterocycles. The standard InChI is InChI=1S/C20H17F3N4O4/c1-26-17(12-3-2-4-14(9-12)20(21,22)23)25-27(19(26)29)8-7-24-18(28)13-5-6-15-16(10-13)31-11-30-15/h2-6,9-10H,7-8,11H2,1H3,(H,24,28). The Morgan fingerprint density at radius 1 is 1.16 bits per heavy atom. The summed E-state index contributed by atoms with van der Waals surface area (Å²) < 4.78 is 51.6. The Morgan fingerprint density at radius 3 is 2.71 bits per heavy atom. The van der Waals surface area contributed by atoms with Crippen LogP contribution in [-0.2, 0) is 19.8 Å². The van der Waals surface area contributed by atoms with Crippen molar-refractivity contribution in [2.45, 2.75) is 12.7 Å². The van der Waals surface area contributed by atoms with Crippen LogP contribution >= 0.6 is 0 Å². The Balaban J connectivity index is 1.46. The van der Waals surface area contributed by atoms with Crippen LogP contribution in [-0.4, -0.2) is 33.6 Å². The zero-order chi connectivity index (χ0) is 22.2. The molecule has 11 heteroatoms. The summed E-state index contributed by atoms with van der Waals surface area (Å²) in [7, 11) is 1.42. The van der Waals surface area contributed by atoms with Crippen LogP contribution in [0.2, 0.25) is 0 Å². The molecule has 1 aliphatic heterocycles. The summed E-state index contributed by atoms with van der Waals surface area (Å²) in [5.41, 5.74) is -0.812. The summed E-state index contributed by atoms with van der Waals surface area (Å²) >= 11 is 0. The SMILES string of the molecule is Cn1c(-c2cccc(C(F)(F)F)c2)nn(CCNC(=O)c2ccc3c(c2)OCO3)c1=O. The van der Waals surface area contributed by atoms with Crippen LogP contribution in [0.3, 0.4) is 0 Å². The van der Waals surface area contributed by atoms with Crippen LogP contribution < -0.4 is 20.5 Å². The second-order valence-corrected chi connectivity index (χ2v) is 6.79. The second-order valence-electron chi connectivity index (χ2n) is 6.79. The fourth-order valence-corrected chi connectivity index (χ4v) is 3.13. The molecule has 0 saturated heterocycles. The highest BCUT2D eigenvalue weighted by Crippen LogP contribution is 2.33. The predicted molar refractivity (Wildman–Crippen MR) is 103 cm³/mol. The second kappa shape index (κ2) is 7.82. The van der Waals surface area contributed by atoms with E-state index in [9.17, 15) is 22.8 Å². The zero-order valence-electron chi connectivity index (χ0n) is 16.3. The third kappa shape index (κ3) is 4.11. The number of amides is 1. The molecule has 31 heavy (non-hydrogen) atoms. The highest BCUT2D eigenvalue weighted by atomic mass is 19.4. The molecule has 0 fully saturated rings. The molecule has 0 unspecified atom stereocenters. The van der Waals surface area contributed by atoms with Crippen LogP contribution in [0.5, 0.6) is 11.5 Å². The van der Waals surface area contributed by atoms with Gasteiger partial charge in [-0.15, -0.1) is 5.10 Å². The Kier molecular flexibility index (Phi) is 5.17. The topological polar surface area (TPSA) is 87.4 Å². The lowest BCUT2D eigenvalue weighted by atomic mass is 10.1. The Morgan fingerprint density at radius 2 is 1.94 bits per heavy atom. The quantitative estimate of drug-likeness (QED) is 0.667. The predicted octanol–water partition coefficient (Wildman–Crippen LogP) is 2.43. The van der Waals surface area contributed by atoms with Gasteiger partial charge >= 0.3 is 11.9 Å². The number of nitrogens with zero attached hydrogens (tertiary/aromatic N) is 3. The first-order chi connectivity index (χ1) is 14.7. The molecule has 162 valence electrons. The van der Waals surface area contributed by atoms with Crippen molar-refractivity contribution in [2.75, 3.05) is 13.3 Å². The van der Waals surface area contributed by atoms with Crippen molar-refractivity contribution < 1.29 is 27.4 Å². The van der Waals surface area contributed by atoms with E-state index in [2.05, 4.69) is 10.4 Å². The van der Waals surface area contributed by atoms with Crippen LogP contribution in [0, 0.1) is 0 Å². The van der Waals surface area contributed by atoms with Gasteiger partial charge in [-0.1, -0.05) is 12.1 Å². The number of benzene rings is 2. The number of hydrogen-bond donors (Lipinski definition) is 1. The van der Waals surface area contributed by atoms with Crippen LogP contribution in [0.15, 0.2) is 47.3 Å². The molecule has 2 aromatic carbocycles. The zero-order valence-corrected chi connectivity index (χ0v) is 16.3. The summed E-state index contributed by atoms with van der Waals surface area (Å²) in [6.07, 6.45) is -4.50. The molecule has 0 bridgehead atoms. The van der Waals surface area contributed by atoms with Crippen molar-refractivity contribution in [2.24, 2.45) is 7.05 Å². The number of halogens is 3. The van der Waals surface area contributed by atoms with Crippen LogP contribution in [0.1, 0.15) is 15.9 Å². The third-order valence-electron chi connectivity index (χ3n) is 4.73. The lowest BCUT2D eigenvalue weighted by Gasteiger charge is -2.08. The maximum absolute atomic E-state index is 13.0. The smallest absolute Gasteiger partial charge is 0.416 e. The molecular formula is C20H17F3N4O4. The maximum atomic E-state index is 13.0. The molecule has 1 N–H and O–H groups in total. The highest BCUT2D eigenvalue weighted by molar-refractivity contribution is 5.94. The minimum Gasteiger partial charge on any atom is -0.454 e. The first kappa shape index (κ1) is 20.5. The van der Waals surface area contributed by atoms with Gasteiger partial charge in [0.1, 0.15) is 0 Å². The van der Waals surface area contributed by atoms with Gasteiger partial charge in [0.2, 0.25) is 6.79 Å². The van der Waals surface area contributed by atoms with E-state index in [1.807, 2.05) is 0 Å². The minimum atomic E-state index is -4.50. The monoisotopic (exact) mass is 434 g/mol. The normalized spacial score (nSPS) is 12.8. The van der Waals surface area contributed by atoms with Crippen molar-refractivity contribution in [3.8, 4) is 22.9 Å². The molecular weight excluding hydrogens is 417 g/mol. The number of hydrogen-bond acceptors (Lipinski definition) is 5. The van der Waals surface area contributed by atoms with Crippen LogP contribution in [0.4, 0.5) is 13.2 Å². The summed E-state index contributed by atoms with van der Waals surface area (Å²) in [5.74, 6) is 0.747. The Bertz CT molecular complexity index is 1200. The van der Waals surface area contributed by atoms with E-state index in [4.69, 9.17) is 9.47 Å². The molecule has 3 aromatic rings. The summed E-state index contributed by atoms with van der Waals surface area (Å²) in [4.78, 5) is 24.7. The first-order valence-electron chi connectivity index (χ1n) is 9.23. The first-order valence-corrected chi connectivity index (χ1v) is 9.23. The Hall–Kier alpha value is -3.76. The van der Waals surface area contributed by atoms with E-state index >= 15 is 0 Å². The van der Waals surface area contributed by atoms with Gasteiger partial charge in [-0.3, -0.25) is 9.36 Å². The van der Waals surface area contributed by atoms with E-state index in [0.29, 0.717) is 17.1 Å². The summed E-state index contributed by atoms with van der Waals surface area (Å²) in [5, 5.41) is 6.80. The van der Waals surface area contributed by atoms with Gasteiger partial charge in [-0.2, -0.15) is 13.2 Å². The molecule has 0 atom stereocenters. The molecule has 1 amide bonds. The molecule has 0 saturated carbocycles. The van der Waals surface area contributed by atoms with Crippen molar-refractivity contribution in [3.05, 3.63) is 64.1 Å². The van der Waals surface area contributed by atoms with Crippen molar-refractivity contribution >= 4 is 5.91 Å². The van der Waals surface area contributed by atoms with Gasteiger partial charge in [0.05, 0.1) is 12.1 Å². The number of nitrogens with one attached hydrogen (secondary N) is 1. The van der Waals surface area contributed by atoms with Gasteiger partial charge in [-0.05, 0) is 30.3 Å². The van der Waals surface area contributed by atoms with Crippen molar-refractivity contribution in [1.29, 1.82) is 0 Å². The van der Waals surface area contributed by atoms with Crippen LogP contribution in [0.25, 0.3) is 11.4 Å². The van der Waals surface area contributed by atoms with Gasteiger partial charge < -0.3 is 14.8 Å². The number of fused-ring (bicyclic) bond motifs is 1. The average Bonchev–Trinajstić information content (AvgIpc) is 3.32. The van der Waals surface area contributed by atoms with Gasteiger partial charge in [0.25, 0.3) is 5.91 Å². The van der Waals surface area contributed by atoms with E-state index in [0.717, 1.165) is 21.4 Å². The molecule has 8 nitrogen and oxygen atoms in total. The molecule has 0 radical (unpaired) electrons. The minimum absolute atomic E-state index is 0.0436. The van der Waals surface area contributed by atoms with Gasteiger partial charge in [0, 0.05) is 24.7 Å². The molecule has 2 heterocycles. The lowest BCUT2D eigenvalue weighted by Crippen LogP contribution is -2.31. The molecule has 0 spiro atoms. The fraction of sp³-hybridized carbons (Fsp3) is 0.250. The van der Waals surface area contributed by atoms with Gasteiger partial charge in [-0.25, -0.2) is 9.48 Å². The number of carbonyl (C=O) groups excluding carboxylic acids is 1. The summed E-state index contributed by atoms with van der Waals surface area (Å²) in [6.45, 7) is 0.228. The lowest BCUT2D eigenvalue weighted by molar-refractivity contribution is -0.137. The van der Waals surface area contributed by atoms with E-state index in [-0.39, 0.29) is 37.2 Å². The molecule has 0 aliphatic carbocycles. The van der Waals surface area contributed by atoms with Crippen molar-refractivity contribution in [1.82, 2.24) is 19.7 Å². The number of ether oxygens (including phenoxy) is 2. The maximum Gasteiger partial charge on any atom is 0.416 e. The van der Waals surface area contributed by atoms with E-state index < -0.39 is 17.4 Å². The van der Waals surface area contributed by atoms with E-state index in [1.54, 1.807) is 18.2 Å².